The number of benzene rings is 1. The number of nitrogens with zero attached hydrogens (tertiary/aromatic N) is 3. The third-order valence-electron chi connectivity index (χ3n) is 5.19. The number of carbonyl (C=O) groups is 2. The van der Waals surface area contributed by atoms with Crippen molar-refractivity contribution in [2.45, 2.75) is 33.1 Å². The molecule has 1 saturated heterocycles. The van der Waals surface area contributed by atoms with Crippen molar-refractivity contribution >= 4 is 18.0 Å². The smallest absolute Gasteiger partial charge is 0.376 e. The highest BCUT2D eigenvalue weighted by molar-refractivity contribution is 5.87. The second-order valence-electron chi connectivity index (χ2n) is 8.64. The van der Waals surface area contributed by atoms with E-state index in [9.17, 15) is 14.0 Å². The molecular weight excluding hydrogens is 459 g/mol. The van der Waals surface area contributed by atoms with Crippen molar-refractivity contribution in [2.24, 2.45) is 11.1 Å². The monoisotopic (exact) mass is 484 g/mol. The van der Waals surface area contributed by atoms with Crippen molar-refractivity contribution in [1.82, 2.24) is 19.9 Å². The molecule has 1 amide bonds. The van der Waals surface area contributed by atoms with Crippen LogP contribution in [0.4, 0.5) is 15.1 Å². The van der Waals surface area contributed by atoms with Gasteiger partial charge in [-0.2, -0.15) is 0 Å². The standard InChI is InChI=1S/C23H25FN6O5/c1-12(2)27-22-26-9-8-15(28-22)17-16(13-4-6-14(24)7-5-13)29-18(30-17)19-33-10-23(3,11-34-19)20(31)35-21(25)32/h4-9,12,19H,10-11H2,1-3H3,(H2,25,32)(H,29,30)(H,26,27,28). The first kappa shape index (κ1) is 24.2. The number of imidazole rings is 1. The molecule has 0 saturated carbocycles. The number of aromatic amines is 1. The number of halogens is 1. The molecule has 184 valence electrons. The number of hydrogen-bond acceptors (Lipinski definition) is 9. The highest BCUT2D eigenvalue weighted by Gasteiger charge is 2.43. The average Bonchev–Trinajstić information content (AvgIpc) is 3.25. The molecule has 0 bridgehead atoms. The minimum atomic E-state index is -1.22. The van der Waals surface area contributed by atoms with E-state index in [0.717, 1.165) is 0 Å². The summed E-state index contributed by atoms with van der Waals surface area (Å²) < 4.78 is 29.5. The van der Waals surface area contributed by atoms with Crippen molar-refractivity contribution in [3.8, 4) is 22.6 Å². The van der Waals surface area contributed by atoms with E-state index in [-0.39, 0.29) is 25.1 Å². The molecule has 3 aromatic rings. The summed E-state index contributed by atoms with van der Waals surface area (Å²) in [5.74, 6) is -0.464. The summed E-state index contributed by atoms with van der Waals surface area (Å²) in [6.07, 6.45) is -0.521. The van der Waals surface area contributed by atoms with E-state index in [1.54, 1.807) is 24.4 Å². The highest BCUT2D eigenvalue weighted by Crippen LogP contribution is 2.36. The Morgan fingerprint density at radius 1 is 1.20 bits per heavy atom. The summed E-state index contributed by atoms with van der Waals surface area (Å²) in [5.41, 5.74) is 5.97. The minimum absolute atomic E-state index is 0.0956. The number of nitrogens with one attached hydrogen (secondary N) is 2. The van der Waals surface area contributed by atoms with Gasteiger partial charge in [-0.15, -0.1) is 0 Å². The minimum Gasteiger partial charge on any atom is -0.376 e. The van der Waals surface area contributed by atoms with Gasteiger partial charge in [-0.05, 0) is 51.1 Å². The number of carbonyl (C=O) groups excluding carboxylic acids is 2. The number of hydrogen-bond donors (Lipinski definition) is 3. The van der Waals surface area contributed by atoms with Crippen molar-refractivity contribution in [1.29, 1.82) is 0 Å². The number of ether oxygens (including phenoxy) is 3. The lowest BCUT2D eigenvalue weighted by Gasteiger charge is -2.34. The number of anilines is 1. The summed E-state index contributed by atoms with van der Waals surface area (Å²) in [6.45, 7) is 5.29. The van der Waals surface area contributed by atoms with Crippen molar-refractivity contribution in [3.63, 3.8) is 0 Å². The van der Waals surface area contributed by atoms with E-state index in [2.05, 4.69) is 30.0 Å². The van der Waals surface area contributed by atoms with Crippen molar-refractivity contribution < 1.29 is 28.2 Å². The Morgan fingerprint density at radius 3 is 2.51 bits per heavy atom. The molecule has 1 aromatic carbocycles. The van der Waals surface area contributed by atoms with Crippen LogP contribution < -0.4 is 11.1 Å². The topological polar surface area (TPSA) is 154 Å². The maximum absolute atomic E-state index is 13.5. The van der Waals surface area contributed by atoms with Gasteiger partial charge in [0.25, 0.3) is 0 Å². The number of rotatable bonds is 6. The fraction of sp³-hybridized carbons (Fsp3) is 0.348. The summed E-state index contributed by atoms with van der Waals surface area (Å²) in [4.78, 5) is 39.7. The molecule has 0 atom stereocenters. The summed E-state index contributed by atoms with van der Waals surface area (Å²) in [7, 11) is 0. The van der Waals surface area contributed by atoms with Gasteiger partial charge in [0.1, 0.15) is 11.2 Å². The van der Waals surface area contributed by atoms with Crippen LogP contribution in [0.2, 0.25) is 0 Å². The highest BCUT2D eigenvalue weighted by atomic mass is 19.1. The quantitative estimate of drug-likeness (QED) is 0.353. The van der Waals surface area contributed by atoms with Crippen LogP contribution in [-0.2, 0) is 19.0 Å². The van der Waals surface area contributed by atoms with Gasteiger partial charge in [-0.25, -0.2) is 24.1 Å². The van der Waals surface area contributed by atoms with E-state index in [1.807, 2.05) is 13.8 Å². The van der Waals surface area contributed by atoms with E-state index in [0.29, 0.717) is 34.4 Å². The Balaban J connectivity index is 1.65. The molecular formula is C23H25FN6O5. The fourth-order valence-corrected chi connectivity index (χ4v) is 3.43. The predicted octanol–water partition coefficient (Wildman–Crippen LogP) is 3.17. The molecule has 0 unspecified atom stereocenters. The molecule has 12 heteroatoms. The molecule has 1 aliphatic heterocycles. The first-order chi connectivity index (χ1) is 16.6. The summed E-state index contributed by atoms with van der Waals surface area (Å²) in [6, 6.07) is 7.72. The van der Waals surface area contributed by atoms with Crippen LogP contribution in [0.1, 0.15) is 32.9 Å². The molecule has 0 radical (unpaired) electrons. The number of primary amides is 1. The molecule has 3 heterocycles. The van der Waals surface area contributed by atoms with Crippen LogP contribution in [0.3, 0.4) is 0 Å². The van der Waals surface area contributed by atoms with Crippen LogP contribution in [0.15, 0.2) is 36.5 Å². The normalized spacial score (nSPS) is 20.0. The molecule has 4 N–H and O–H groups in total. The maximum Gasteiger partial charge on any atom is 0.412 e. The first-order valence-corrected chi connectivity index (χ1v) is 10.9. The SMILES string of the molecule is CC(C)Nc1nccc(-c2[nH]c(C3OCC(C)(C(=O)OC(N)=O)CO3)nc2-c2ccc(F)cc2)n1. The molecule has 35 heavy (non-hydrogen) atoms. The van der Waals surface area contributed by atoms with E-state index in [4.69, 9.17) is 15.2 Å². The Kier molecular flexibility index (Phi) is 6.76. The van der Waals surface area contributed by atoms with Gasteiger partial charge in [0.15, 0.2) is 5.82 Å². The third-order valence-corrected chi connectivity index (χ3v) is 5.19. The molecule has 2 aromatic heterocycles. The van der Waals surface area contributed by atoms with Gasteiger partial charge in [-0.3, -0.25) is 4.79 Å². The second-order valence-corrected chi connectivity index (χ2v) is 8.64. The van der Waals surface area contributed by atoms with Gasteiger partial charge in [-0.1, -0.05) is 0 Å². The van der Waals surface area contributed by atoms with Crippen LogP contribution in [-0.4, -0.2) is 51.3 Å². The average molecular weight is 484 g/mol. The Hall–Kier alpha value is -3.90. The maximum atomic E-state index is 13.5. The zero-order chi connectivity index (χ0) is 25.2. The number of nitrogens with two attached hydrogens (primary N) is 1. The fourth-order valence-electron chi connectivity index (χ4n) is 3.43. The Morgan fingerprint density at radius 2 is 1.89 bits per heavy atom. The van der Waals surface area contributed by atoms with Crippen LogP contribution in [0, 0.1) is 11.2 Å². The Labute approximate surface area is 200 Å². The molecule has 1 aliphatic rings. The third kappa shape index (κ3) is 5.44. The lowest BCUT2D eigenvalue weighted by Crippen LogP contribution is -2.45. The molecule has 0 spiro atoms. The van der Waals surface area contributed by atoms with E-state index in [1.165, 1.54) is 19.1 Å². The van der Waals surface area contributed by atoms with E-state index >= 15 is 0 Å². The zero-order valence-electron chi connectivity index (χ0n) is 19.4. The predicted molar refractivity (Wildman–Crippen MR) is 122 cm³/mol. The van der Waals surface area contributed by atoms with Crippen LogP contribution in [0.25, 0.3) is 22.6 Å². The van der Waals surface area contributed by atoms with Gasteiger partial charge < -0.3 is 30.2 Å². The Bertz CT molecular complexity index is 1220. The molecule has 11 nitrogen and oxygen atoms in total. The molecule has 1 fully saturated rings. The second kappa shape index (κ2) is 9.76. The lowest BCUT2D eigenvalue weighted by atomic mass is 9.92. The molecule has 0 aliphatic carbocycles. The number of aromatic nitrogens is 4. The lowest BCUT2D eigenvalue weighted by molar-refractivity contribution is -0.236. The van der Waals surface area contributed by atoms with Crippen molar-refractivity contribution in [3.05, 3.63) is 48.2 Å². The van der Waals surface area contributed by atoms with Gasteiger partial charge in [0, 0.05) is 17.8 Å². The van der Waals surface area contributed by atoms with Crippen LogP contribution in [0.5, 0.6) is 0 Å². The first-order valence-electron chi connectivity index (χ1n) is 10.9. The largest absolute Gasteiger partial charge is 0.412 e. The summed E-state index contributed by atoms with van der Waals surface area (Å²) >= 11 is 0. The number of H-pyrrole nitrogens is 1. The van der Waals surface area contributed by atoms with Crippen molar-refractivity contribution in [2.75, 3.05) is 18.5 Å². The zero-order valence-corrected chi connectivity index (χ0v) is 19.4. The van der Waals surface area contributed by atoms with Gasteiger partial charge in [0.05, 0.1) is 30.3 Å². The van der Waals surface area contributed by atoms with Gasteiger partial charge in [0.2, 0.25) is 12.2 Å². The summed E-state index contributed by atoms with van der Waals surface area (Å²) in [5, 5.41) is 3.15. The van der Waals surface area contributed by atoms with Crippen LogP contribution >= 0.6 is 0 Å². The number of amides is 1. The van der Waals surface area contributed by atoms with Gasteiger partial charge >= 0.3 is 12.1 Å². The number of esters is 1. The van der Waals surface area contributed by atoms with E-state index < -0.39 is 23.8 Å². The molecule has 4 rings (SSSR count).